The Hall–Kier alpha value is -3.19. The molecule has 0 fully saturated rings. The molecule has 1 unspecified atom stereocenters. The molecule has 162 valence electrons. The highest BCUT2D eigenvalue weighted by Crippen LogP contribution is 2.36. The van der Waals surface area contributed by atoms with Crippen molar-refractivity contribution in [2.75, 3.05) is 26.1 Å². The zero-order valence-corrected chi connectivity index (χ0v) is 19.5. The number of amides is 1. The summed E-state index contributed by atoms with van der Waals surface area (Å²) in [6, 6.07) is 12.7. The van der Waals surface area contributed by atoms with Crippen molar-refractivity contribution in [2.45, 2.75) is 26.8 Å². The minimum absolute atomic E-state index is 0.107. The Kier molecular flexibility index (Phi) is 6.45. The number of nitrogens with zero attached hydrogens (tertiary/aromatic N) is 2. The molecule has 1 aliphatic rings. The number of hydrogen-bond donors (Lipinski definition) is 1. The predicted molar refractivity (Wildman–Crippen MR) is 126 cm³/mol. The lowest BCUT2D eigenvalue weighted by molar-refractivity contribution is -0.125. The van der Waals surface area contributed by atoms with Crippen LogP contribution in [-0.2, 0) is 9.53 Å². The van der Waals surface area contributed by atoms with Crippen molar-refractivity contribution in [3.63, 3.8) is 0 Å². The van der Waals surface area contributed by atoms with Crippen molar-refractivity contribution in [3.05, 3.63) is 76.0 Å². The first-order chi connectivity index (χ1) is 14.6. The number of allylic oxidation sites excluding steroid dienone is 1. The number of ether oxygens (including phenoxy) is 1. The molecule has 31 heavy (non-hydrogen) atoms. The summed E-state index contributed by atoms with van der Waals surface area (Å²) in [6.07, 6.45) is 0. The fourth-order valence-electron chi connectivity index (χ4n) is 3.69. The van der Waals surface area contributed by atoms with Crippen LogP contribution in [0.25, 0.3) is 0 Å². The van der Waals surface area contributed by atoms with Crippen LogP contribution in [0, 0.1) is 13.8 Å². The van der Waals surface area contributed by atoms with Gasteiger partial charge in [-0.3, -0.25) is 9.69 Å². The standard InChI is InChI=1S/C24H27N3O3S/c1-14-7-8-15(2)19(13-14)27-16(3)20(22(28)26(4)5)21(25-24(27)31)17-9-11-18(12-10-17)23(29)30-6/h7-13,21H,1-6H3,(H,25,31). The lowest BCUT2D eigenvalue weighted by Crippen LogP contribution is -2.49. The molecule has 0 aromatic heterocycles. The molecule has 0 saturated heterocycles. The molecule has 0 radical (unpaired) electrons. The molecule has 1 N–H and O–H groups in total. The Morgan fingerprint density at radius 2 is 1.71 bits per heavy atom. The summed E-state index contributed by atoms with van der Waals surface area (Å²) in [5.74, 6) is -0.513. The van der Waals surface area contributed by atoms with E-state index < -0.39 is 12.0 Å². The molecule has 7 heteroatoms. The SMILES string of the molecule is COC(=O)c1ccc(C2NC(=S)N(c3cc(C)ccc3C)C(C)=C2C(=O)N(C)C)cc1. The number of methoxy groups -OCH3 is 1. The van der Waals surface area contributed by atoms with Crippen molar-refractivity contribution in [2.24, 2.45) is 0 Å². The normalized spacial score (nSPS) is 16.1. The number of esters is 1. The summed E-state index contributed by atoms with van der Waals surface area (Å²) >= 11 is 5.74. The van der Waals surface area contributed by atoms with Crippen molar-refractivity contribution in [3.8, 4) is 0 Å². The number of hydrogen-bond acceptors (Lipinski definition) is 4. The van der Waals surface area contributed by atoms with Gasteiger partial charge in [0.05, 0.1) is 30.0 Å². The quantitative estimate of drug-likeness (QED) is 0.579. The fraction of sp³-hybridized carbons (Fsp3) is 0.292. The molecule has 3 rings (SSSR count). The molecule has 0 saturated carbocycles. The van der Waals surface area contributed by atoms with Gasteiger partial charge in [-0.15, -0.1) is 0 Å². The molecule has 1 atom stereocenters. The van der Waals surface area contributed by atoms with E-state index in [2.05, 4.69) is 17.4 Å². The van der Waals surface area contributed by atoms with Crippen LogP contribution < -0.4 is 10.2 Å². The highest BCUT2D eigenvalue weighted by atomic mass is 32.1. The topological polar surface area (TPSA) is 61.9 Å². The summed E-state index contributed by atoms with van der Waals surface area (Å²) < 4.78 is 4.78. The van der Waals surface area contributed by atoms with Gasteiger partial charge < -0.3 is 15.0 Å². The highest BCUT2D eigenvalue weighted by Gasteiger charge is 2.35. The summed E-state index contributed by atoms with van der Waals surface area (Å²) in [7, 11) is 4.81. The fourth-order valence-corrected chi connectivity index (χ4v) is 4.04. The lowest BCUT2D eigenvalue weighted by Gasteiger charge is -2.39. The molecule has 2 aromatic rings. The maximum absolute atomic E-state index is 13.2. The van der Waals surface area contributed by atoms with Crippen LogP contribution in [0.3, 0.4) is 0 Å². The first-order valence-electron chi connectivity index (χ1n) is 9.94. The molecular weight excluding hydrogens is 410 g/mol. The zero-order valence-electron chi connectivity index (χ0n) is 18.6. The molecule has 1 amide bonds. The number of carbonyl (C=O) groups is 2. The molecule has 2 aromatic carbocycles. The second kappa shape index (κ2) is 8.89. The number of aryl methyl sites for hydroxylation is 2. The molecule has 1 heterocycles. The van der Waals surface area contributed by atoms with E-state index in [0.29, 0.717) is 16.2 Å². The van der Waals surface area contributed by atoms with Gasteiger partial charge >= 0.3 is 5.97 Å². The van der Waals surface area contributed by atoms with E-state index in [0.717, 1.165) is 28.1 Å². The molecule has 6 nitrogen and oxygen atoms in total. The summed E-state index contributed by atoms with van der Waals surface area (Å²) in [5, 5.41) is 3.86. The monoisotopic (exact) mass is 437 g/mol. The van der Waals surface area contributed by atoms with Crippen LogP contribution in [0.15, 0.2) is 53.7 Å². The van der Waals surface area contributed by atoms with E-state index >= 15 is 0 Å². The minimum atomic E-state index is -0.435. The third kappa shape index (κ3) is 4.32. The van der Waals surface area contributed by atoms with E-state index in [1.165, 1.54) is 7.11 Å². The Bertz CT molecular complexity index is 1070. The Morgan fingerprint density at radius 3 is 2.29 bits per heavy atom. The van der Waals surface area contributed by atoms with E-state index in [4.69, 9.17) is 17.0 Å². The third-order valence-corrected chi connectivity index (χ3v) is 5.69. The maximum atomic E-state index is 13.2. The molecule has 0 spiro atoms. The van der Waals surface area contributed by atoms with Crippen molar-refractivity contribution >= 4 is 34.9 Å². The van der Waals surface area contributed by atoms with Gasteiger partial charge in [-0.25, -0.2) is 4.79 Å². The van der Waals surface area contributed by atoms with Gasteiger partial charge in [0.25, 0.3) is 5.91 Å². The molecule has 0 aliphatic carbocycles. The van der Waals surface area contributed by atoms with Gasteiger partial charge in [0.1, 0.15) is 0 Å². The van der Waals surface area contributed by atoms with Crippen molar-refractivity contribution in [1.82, 2.24) is 10.2 Å². The number of thiocarbonyl (C=S) groups is 1. The van der Waals surface area contributed by atoms with Crippen molar-refractivity contribution in [1.29, 1.82) is 0 Å². The number of anilines is 1. The van der Waals surface area contributed by atoms with Gasteiger partial charge in [-0.1, -0.05) is 24.3 Å². The van der Waals surface area contributed by atoms with Gasteiger partial charge in [0, 0.05) is 19.8 Å². The molecular formula is C24H27N3O3S. The Labute approximate surface area is 188 Å². The Morgan fingerprint density at radius 1 is 1.06 bits per heavy atom. The highest BCUT2D eigenvalue weighted by molar-refractivity contribution is 7.80. The number of benzene rings is 2. The van der Waals surface area contributed by atoms with Gasteiger partial charge in [0.15, 0.2) is 5.11 Å². The van der Waals surface area contributed by atoms with Crippen LogP contribution in [0.1, 0.15) is 40.0 Å². The van der Waals surface area contributed by atoms with E-state index in [9.17, 15) is 9.59 Å². The summed E-state index contributed by atoms with van der Waals surface area (Å²) in [4.78, 5) is 28.5. The van der Waals surface area contributed by atoms with Gasteiger partial charge in [-0.05, 0) is 67.9 Å². The van der Waals surface area contributed by atoms with Crippen LogP contribution in [0.5, 0.6) is 0 Å². The number of rotatable bonds is 4. The van der Waals surface area contributed by atoms with Crippen LogP contribution in [0.2, 0.25) is 0 Å². The molecule has 0 bridgehead atoms. The number of nitrogens with one attached hydrogen (secondary N) is 1. The van der Waals surface area contributed by atoms with E-state index in [1.54, 1.807) is 31.1 Å². The first-order valence-corrected chi connectivity index (χ1v) is 10.3. The zero-order chi connectivity index (χ0) is 22.9. The van der Waals surface area contributed by atoms with Crippen LogP contribution in [0.4, 0.5) is 5.69 Å². The van der Waals surface area contributed by atoms with Gasteiger partial charge in [0.2, 0.25) is 0 Å². The largest absolute Gasteiger partial charge is 0.465 e. The summed E-state index contributed by atoms with van der Waals surface area (Å²) in [5.41, 5.74) is 5.77. The average Bonchev–Trinajstić information content (AvgIpc) is 2.74. The molecule has 1 aliphatic heterocycles. The predicted octanol–water partition coefficient (Wildman–Crippen LogP) is 3.89. The second-order valence-corrected chi connectivity index (χ2v) is 8.21. The average molecular weight is 438 g/mol. The first kappa shape index (κ1) is 22.5. The third-order valence-electron chi connectivity index (χ3n) is 5.39. The number of likely N-dealkylation sites (N-methyl/N-ethyl adjacent to an activating group) is 1. The second-order valence-electron chi connectivity index (χ2n) is 7.82. The summed E-state index contributed by atoms with van der Waals surface area (Å²) in [6.45, 7) is 5.97. The van der Waals surface area contributed by atoms with E-state index in [1.807, 2.05) is 43.9 Å². The maximum Gasteiger partial charge on any atom is 0.337 e. The lowest BCUT2D eigenvalue weighted by atomic mass is 9.93. The van der Waals surface area contributed by atoms with Crippen molar-refractivity contribution < 1.29 is 14.3 Å². The van der Waals surface area contributed by atoms with Gasteiger partial charge in [-0.2, -0.15) is 0 Å². The van der Waals surface area contributed by atoms with Crippen LogP contribution in [-0.4, -0.2) is 43.1 Å². The number of carbonyl (C=O) groups excluding carboxylic acids is 2. The minimum Gasteiger partial charge on any atom is -0.465 e. The van der Waals surface area contributed by atoms with E-state index in [-0.39, 0.29) is 5.91 Å². The Balaban J connectivity index is 2.14. The smallest absolute Gasteiger partial charge is 0.337 e. The van der Waals surface area contributed by atoms with Crippen LogP contribution >= 0.6 is 12.2 Å².